The van der Waals surface area contributed by atoms with Crippen LogP contribution in [0.4, 0.5) is 0 Å². The monoisotopic (exact) mass is 446 g/mol. The molecule has 8 unspecified atom stereocenters. The van der Waals surface area contributed by atoms with E-state index >= 15 is 0 Å². The molecule has 0 aliphatic heterocycles. The van der Waals surface area contributed by atoms with Gasteiger partial charge in [-0.25, -0.2) is 0 Å². The lowest BCUT2D eigenvalue weighted by Gasteiger charge is -2.60. The second-order valence-electron chi connectivity index (χ2n) is 12.7. The highest BCUT2D eigenvalue weighted by Crippen LogP contribution is 2.63. The van der Waals surface area contributed by atoms with Gasteiger partial charge in [0.15, 0.2) is 0 Å². The first kappa shape index (κ1) is 26.3. The Bertz CT molecular complexity index is 624. The minimum absolute atomic E-state index is 0.355. The van der Waals surface area contributed by atoms with Crippen LogP contribution in [-0.4, -0.2) is 20.0 Å². The standard InChI is InChI=1S/C30H54O2/c1-9-27(22(4)12-10-11-21(2)3)29(6)18-16-28-26(23(29)5)14-13-24-19-25(32-20-31-8)15-17-30(24,28)7/h13,21-23,25-28H,9-12,14-20H2,1-8H3. The van der Waals surface area contributed by atoms with Crippen molar-refractivity contribution in [2.24, 2.45) is 46.3 Å². The average molecular weight is 447 g/mol. The maximum Gasteiger partial charge on any atom is 0.146 e. The Morgan fingerprint density at radius 2 is 1.84 bits per heavy atom. The van der Waals surface area contributed by atoms with Gasteiger partial charge in [0, 0.05) is 7.11 Å². The largest absolute Gasteiger partial charge is 0.359 e. The fourth-order valence-electron chi connectivity index (χ4n) is 8.52. The van der Waals surface area contributed by atoms with Crippen molar-refractivity contribution in [2.75, 3.05) is 13.9 Å². The van der Waals surface area contributed by atoms with Gasteiger partial charge in [-0.05, 0) is 84.9 Å². The van der Waals surface area contributed by atoms with Crippen LogP contribution in [0.5, 0.6) is 0 Å². The van der Waals surface area contributed by atoms with Gasteiger partial charge in [0.25, 0.3) is 0 Å². The molecule has 0 aromatic rings. The molecule has 3 aliphatic rings. The summed E-state index contributed by atoms with van der Waals surface area (Å²) in [6.07, 6.45) is 16.3. The molecular weight excluding hydrogens is 392 g/mol. The van der Waals surface area contributed by atoms with Crippen molar-refractivity contribution < 1.29 is 9.47 Å². The predicted octanol–water partition coefficient (Wildman–Crippen LogP) is 8.65. The maximum atomic E-state index is 5.97. The van der Waals surface area contributed by atoms with Gasteiger partial charge in [-0.15, -0.1) is 0 Å². The Balaban J connectivity index is 1.72. The SMILES string of the molecule is CCC(C(C)CCCC(C)C)C1(C)CCC2C(CC=C3CC(OCOC)CCC32C)C1C. The van der Waals surface area contributed by atoms with E-state index in [0.717, 1.165) is 41.9 Å². The van der Waals surface area contributed by atoms with Crippen LogP contribution in [0.1, 0.15) is 113 Å². The fraction of sp³-hybridized carbons (Fsp3) is 0.933. The normalized spacial score (nSPS) is 39.2. The molecule has 8 atom stereocenters. The lowest BCUT2D eigenvalue weighted by atomic mass is 9.45. The van der Waals surface area contributed by atoms with Gasteiger partial charge in [0.2, 0.25) is 0 Å². The summed E-state index contributed by atoms with van der Waals surface area (Å²) in [4.78, 5) is 0. The molecule has 2 nitrogen and oxygen atoms in total. The highest BCUT2D eigenvalue weighted by molar-refractivity contribution is 5.25. The van der Waals surface area contributed by atoms with E-state index in [2.05, 4.69) is 54.5 Å². The van der Waals surface area contributed by atoms with E-state index in [1.807, 2.05) is 0 Å². The summed E-state index contributed by atoms with van der Waals surface area (Å²) < 4.78 is 11.1. The molecule has 186 valence electrons. The topological polar surface area (TPSA) is 18.5 Å². The molecule has 0 amide bonds. The first-order valence-corrected chi connectivity index (χ1v) is 14.0. The molecule has 0 spiro atoms. The van der Waals surface area contributed by atoms with E-state index in [1.165, 1.54) is 57.8 Å². The van der Waals surface area contributed by atoms with Gasteiger partial charge in [-0.1, -0.05) is 85.8 Å². The van der Waals surface area contributed by atoms with E-state index in [4.69, 9.17) is 9.47 Å². The molecule has 32 heavy (non-hydrogen) atoms. The van der Waals surface area contributed by atoms with Crippen LogP contribution in [0.3, 0.4) is 0 Å². The van der Waals surface area contributed by atoms with E-state index in [0.29, 0.717) is 23.7 Å². The molecule has 0 aromatic carbocycles. The number of hydrogen-bond donors (Lipinski definition) is 0. The van der Waals surface area contributed by atoms with Gasteiger partial charge in [0.1, 0.15) is 6.79 Å². The fourth-order valence-corrected chi connectivity index (χ4v) is 8.52. The molecule has 2 heteroatoms. The van der Waals surface area contributed by atoms with Crippen LogP contribution in [0.25, 0.3) is 0 Å². The van der Waals surface area contributed by atoms with E-state index in [1.54, 1.807) is 12.7 Å². The predicted molar refractivity (Wildman–Crippen MR) is 137 cm³/mol. The summed E-state index contributed by atoms with van der Waals surface area (Å²) in [5.41, 5.74) is 2.60. The lowest BCUT2D eigenvalue weighted by Crippen LogP contribution is -2.52. The van der Waals surface area contributed by atoms with Crippen LogP contribution in [0.2, 0.25) is 0 Å². The molecule has 0 heterocycles. The van der Waals surface area contributed by atoms with Gasteiger partial charge >= 0.3 is 0 Å². The van der Waals surface area contributed by atoms with Gasteiger partial charge in [0.05, 0.1) is 6.10 Å². The van der Waals surface area contributed by atoms with Crippen molar-refractivity contribution in [3.05, 3.63) is 11.6 Å². The van der Waals surface area contributed by atoms with Gasteiger partial charge in [-0.2, -0.15) is 0 Å². The first-order valence-electron chi connectivity index (χ1n) is 14.0. The number of allylic oxidation sites excluding steroid dienone is 1. The third-order valence-corrected chi connectivity index (χ3v) is 10.7. The number of ether oxygens (including phenoxy) is 2. The van der Waals surface area contributed by atoms with Crippen LogP contribution in [0.15, 0.2) is 11.6 Å². The van der Waals surface area contributed by atoms with E-state index in [9.17, 15) is 0 Å². The van der Waals surface area contributed by atoms with Crippen LogP contribution in [-0.2, 0) is 9.47 Å². The molecule has 0 radical (unpaired) electrons. The van der Waals surface area contributed by atoms with Crippen molar-refractivity contribution >= 4 is 0 Å². The smallest absolute Gasteiger partial charge is 0.146 e. The molecule has 2 saturated carbocycles. The zero-order valence-electron chi connectivity index (χ0n) is 22.7. The number of rotatable bonds is 10. The second-order valence-corrected chi connectivity index (χ2v) is 12.7. The number of hydrogen-bond acceptors (Lipinski definition) is 2. The third-order valence-electron chi connectivity index (χ3n) is 10.7. The molecule has 2 fully saturated rings. The van der Waals surface area contributed by atoms with Gasteiger partial charge < -0.3 is 9.47 Å². The quantitative estimate of drug-likeness (QED) is 0.247. The van der Waals surface area contributed by atoms with Crippen LogP contribution < -0.4 is 0 Å². The van der Waals surface area contributed by atoms with Crippen molar-refractivity contribution in [1.82, 2.24) is 0 Å². The van der Waals surface area contributed by atoms with Crippen molar-refractivity contribution in [1.29, 1.82) is 0 Å². The Kier molecular flexibility index (Phi) is 8.98. The van der Waals surface area contributed by atoms with E-state index in [-0.39, 0.29) is 0 Å². The molecule has 0 saturated heterocycles. The Morgan fingerprint density at radius 3 is 2.50 bits per heavy atom. The Labute approximate surface area is 200 Å². The Hall–Kier alpha value is -0.340. The van der Waals surface area contributed by atoms with Crippen LogP contribution in [0, 0.1) is 46.3 Å². The molecular formula is C30H54O2. The first-order chi connectivity index (χ1) is 15.2. The Morgan fingerprint density at radius 1 is 1.09 bits per heavy atom. The zero-order valence-corrected chi connectivity index (χ0v) is 22.7. The summed E-state index contributed by atoms with van der Waals surface area (Å²) in [6.45, 7) is 18.1. The number of methoxy groups -OCH3 is 1. The molecule has 0 N–H and O–H groups in total. The molecule has 0 aromatic heterocycles. The van der Waals surface area contributed by atoms with Crippen molar-refractivity contribution in [3.8, 4) is 0 Å². The summed E-state index contributed by atoms with van der Waals surface area (Å²) in [5, 5.41) is 0. The highest BCUT2D eigenvalue weighted by atomic mass is 16.7. The lowest BCUT2D eigenvalue weighted by molar-refractivity contribution is -0.105. The van der Waals surface area contributed by atoms with E-state index < -0.39 is 0 Å². The third kappa shape index (κ3) is 5.17. The second kappa shape index (κ2) is 10.9. The van der Waals surface area contributed by atoms with Crippen molar-refractivity contribution in [2.45, 2.75) is 119 Å². The van der Waals surface area contributed by atoms with Crippen LogP contribution >= 0.6 is 0 Å². The van der Waals surface area contributed by atoms with Crippen molar-refractivity contribution in [3.63, 3.8) is 0 Å². The molecule has 3 rings (SSSR count). The minimum Gasteiger partial charge on any atom is -0.359 e. The summed E-state index contributed by atoms with van der Waals surface area (Å²) in [7, 11) is 1.73. The summed E-state index contributed by atoms with van der Waals surface area (Å²) >= 11 is 0. The summed E-state index contributed by atoms with van der Waals surface area (Å²) in [6, 6.07) is 0. The molecule has 3 aliphatic carbocycles. The average Bonchev–Trinajstić information content (AvgIpc) is 2.75. The summed E-state index contributed by atoms with van der Waals surface area (Å²) in [5.74, 6) is 5.09. The minimum atomic E-state index is 0.355. The number of fused-ring (bicyclic) bond motifs is 3. The van der Waals surface area contributed by atoms with Gasteiger partial charge in [-0.3, -0.25) is 0 Å². The zero-order chi connectivity index (χ0) is 23.5. The molecule has 0 bridgehead atoms. The highest BCUT2D eigenvalue weighted by Gasteiger charge is 2.55. The maximum absolute atomic E-state index is 5.97.